The Labute approximate surface area is 138 Å². The molecule has 2 aromatic carbocycles. The third-order valence-electron chi connectivity index (χ3n) is 4.73. The van der Waals surface area contributed by atoms with Crippen LogP contribution in [0.4, 0.5) is 5.69 Å². The number of benzene rings is 2. The van der Waals surface area contributed by atoms with E-state index in [0.29, 0.717) is 0 Å². The first-order chi connectivity index (χ1) is 10.9. The summed E-state index contributed by atoms with van der Waals surface area (Å²) in [5, 5.41) is 11.3. The minimum absolute atomic E-state index is 0.511. The number of fused-ring (bicyclic) bond motifs is 1. The molecule has 0 bridgehead atoms. The van der Waals surface area contributed by atoms with Crippen molar-refractivity contribution in [1.29, 1.82) is 0 Å². The maximum atomic E-state index is 11.3. The average Bonchev–Trinajstić information content (AvgIpc) is 2.77. The van der Waals surface area contributed by atoms with Crippen LogP contribution >= 0.6 is 0 Å². The third-order valence-corrected chi connectivity index (χ3v) is 4.73. The predicted molar refractivity (Wildman–Crippen MR) is 93.6 cm³/mol. The van der Waals surface area contributed by atoms with Gasteiger partial charge in [-0.25, -0.2) is 0 Å². The van der Waals surface area contributed by atoms with E-state index in [1.807, 2.05) is 50.2 Å². The third kappa shape index (κ3) is 2.54. The van der Waals surface area contributed by atoms with E-state index in [0.717, 1.165) is 35.5 Å². The van der Waals surface area contributed by atoms with Crippen molar-refractivity contribution >= 4 is 5.69 Å². The molecule has 0 aromatic heterocycles. The predicted octanol–water partition coefficient (Wildman–Crippen LogP) is 3.99. The van der Waals surface area contributed by atoms with Gasteiger partial charge in [0.25, 0.3) is 0 Å². The summed E-state index contributed by atoms with van der Waals surface area (Å²) in [5.41, 5.74) is 3.29. The molecule has 2 aromatic rings. The van der Waals surface area contributed by atoms with E-state index in [-0.39, 0.29) is 0 Å². The first-order valence-electron chi connectivity index (χ1n) is 8.30. The second-order valence-electron chi connectivity index (χ2n) is 6.52. The Kier molecular flexibility index (Phi) is 3.95. The standard InChI is InChI=1S/C20H25NO2/c1-5-21(6-2)16-13-11-15(12-14-16)20(22)18-10-8-7-9-17(18)19(3,4)23-20/h7-14,22H,5-6H2,1-4H3. The quantitative estimate of drug-likeness (QED) is 0.926. The number of hydrogen-bond donors (Lipinski definition) is 1. The zero-order valence-corrected chi connectivity index (χ0v) is 14.3. The first-order valence-corrected chi connectivity index (χ1v) is 8.30. The lowest BCUT2D eigenvalue weighted by atomic mass is 9.91. The van der Waals surface area contributed by atoms with Gasteiger partial charge in [0.2, 0.25) is 5.79 Å². The zero-order valence-electron chi connectivity index (χ0n) is 14.3. The van der Waals surface area contributed by atoms with Crippen LogP contribution in [0.3, 0.4) is 0 Å². The van der Waals surface area contributed by atoms with Crippen molar-refractivity contribution < 1.29 is 9.84 Å². The van der Waals surface area contributed by atoms with E-state index < -0.39 is 11.4 Å². The maximum Gasteiger partial charge on any atom is 0.221 e. The molecule has 0 fully saturated rings. The summed E-state index contributed by atoms with van der Waals surface area (Å²) in [4.78, 5) is 2.28. The van der Waals surface area contributed by atoms with Gasteiger partial charge in [0.05, 0.1) is 5.60 Å². The fourth-order valence-electron chi connectivity index (χ4n) is 3.48. The molecule has 1 aliphatic heterocycles. The molecular weight excluding hydrogens is 286 g/mol. The number of anilines is 1. The Balaban J connectivity index is 2.02. The van der Waals surface area contributed by atoms with Crippen molar-refractivity contribution in [3.8, 4) is 0 Å². The highest BCUT2D eigenvalue weighted by molar-refractivity contribution is 5.51. The molecule has 1 heterocycles. The molecule has 1 N–H and O–H groups in total. The lowest BCUT2D eigenvalue weighted by molar-refractivity contribution is -0.222. The highest BCUT2D eigenvalue weighted by atomic mass is 16.6. The van der Waals surface area contributed by atoms with Gasteiger partial charge in [0.1, 0.15) is 0 Å². The smallest absolute Gasteiger partial charge is 0.221 e. The summed E-state index contributed by atoms with van der Waals surface area (Å²) < 4.78 is 6.09. The van der Waals surface area contributed by atoms with Crippen molar-refractivity contribution in [2.24, 2.45) is 0 Å². The Bertz CT molecular complexity index is 689. The number of hydrogen-bond acceptors (Lipinski definition) is 3. The fraction of sp³-hybridized carbons (Fsp3) is 0.400. The van der Waals surface area contributed by atoms with E-state index in [1.165, 1.54) is 0 Å². The van der Waals surface area contributed by atoms with Crippen LogP contribution in [0.1, 0.15) is 44.4 Å². The highest BCUT2D eigenvalue weighted by Gasteiger charge is 2.48. The lowest BCUT2D eigenvalue weighted by Crippen LogP contribution is -2.30. The van der Waals surface area contributed by atoms with E-state index in [1.54, 1.807) is 0 Å². The Morgan fingerprint density at radius 1 is 0.913 bits per heavy atom. The number of aliphatic hydroxyl groups is 1. The number of rotatable bonds is 4. The van der Waals surface area contributed by atoms with Crippen LogP contribution in [0.15, 0.2) is 48.5 Å². The van der Waals surface area contributed by atoms with E-state index in [2.05, 4.69) is 30.9 Å². The van der Waals surface area contributed by atoms with Gasteiger partial charge in [-0.1, -0.05) is 36.4 Å². The van der Waals surface area contributed by atoms with Gasteiger partial charge < -0.3 is 14.7 Å². The summed E-state index contributed by atoms with van der Waals surface area (Å²) >= 11 is 0. The Hall–Kier alpha value is -1.84. The molecule has 0 saturated heterocycles. The fourth-order valence-corrected chi connectivity index (χ4v) is 3.48. The summed E-state index contributed by atoms with van der Waals surface area (Å²) in [6, 6.07) is 15.9. The average molecular weight is 311 g/mol. The van der Waals surface area contributed by atoms with Crippen LogP contribution in [-0.4, -0.2) is 18.2 Å². The van der Waals surface area contributed by atoms with E-state index in [9.17, 15) is 5.11 Å². The molecule has 0 saturated carbocycles. The molecule has 1 aliphatic rings. The van der Waals surface area contributed by atoms with Crippen LogP contribution in [0, 0.1) is 0 Å². The summed E-state index contributed by atoms with van der Waals surface area (Å²) in [6.07, 6.45) is 0. The van der Waals surface area contributed by atoms with E-state index in [4.69, 9.17) is 4.74 Å². The second kappa shape index (κ2) is 5.66. The molecule has 0 aliphatic carbocycles. The largest absolute Gasteiger partial charge is 0.372 e. The zero-order chi connectivity index (χ0) is 16.7. The van der Waals surface area contributed by atoms with Gasteiger partial charge in [0, 0.05) is 29.9 Å². The van der Waals surface area contributed by atoms with E-state index >= 15 is 0 Å². The number of ether oxygens (including phenoxy) is 1. The van der Waals surface area contributed by atoms with Crippen LogP contribution in [-0.2, 0) is 16.1 Å². The van der Waals surface area contributed by atoms with Gasteiger partial charge in [0.15, 0.2) is 0 Å². The van der Waals surface area contributed by atoms with Gasteiger partial charge in [-0.05, 0) is 45.4 Å². The van der Waals surface area contributed by atoms with Gasteiger partial charge in [-0.3, -0.25) is 0 Å². The van der Waals surface area contributed by atoms with Crippen LogP contribution in [0.5, 0.6) is 0 Å². The summed E-state index contributed by atoms with van der Waals surface area (Å²) in [5.74, 6) is -1.39. The normalized spacial score (nSPS) is 22.0. The molecule has 1 atom stereocenters. The Morgan fingerprint density at radius 2 is 1.48 bits per heavy atom. The van der Waals surface area contributed by atoms with Crippen molar-refractivity contribution in [2.45, 2.75) is 39.1 Å². The topological polar surface area (TPSA) is 32.7 Å². The lowest BCUT2D eigenvalue weighted by Gasteiger charge is -2.28. The van der Waals surface area contributed by atoms with Gasteiger partial charge in [-0.2, -0.15) is 0 Å². The van der Waals surface area contributed by atoms with Crippen molar-refractivity contribution in [3.63, 3.8) is 0 Å². The molecule has 0 radical (unpaired) electrons. The van der Waals surface area contributed by atoms with Crippen LogP contribution in [0.2, 0.25) is 0 Å². The summed E-state index contributed by atoms with van der Waals surface area (Å²) in [6.45, 7) is 10.2. The van der Waals surface area contributed by atoms with Gasteiger partial charge in [-0.15, -0.1) is 0 Å². The minimum Gasteiger partial charge on any atom is -0.372 e. The van der Waals surface area contributed by atoms with Crippen LogP contribution in [0.25, 0.3) is 0 Å². The molecule has 1 unspecified atom stereocenters. The summed E-state index contributed by atoms with van der Waals surface area (Å²) in [7, 11) is 0. The SMILES string of the molecule is CCN(CC)c1ccc(C2(O)OC(C)(C)c3ccccc32)cc1. The molecule has 3 heteroatoms. The van der Waals surface area contributed by atoms with Gasteiger partial charge >= 0.3 is 0 Å². The molecule has 0 spiro atoms. The maximum absolute atomic E-state index is 11.3. The molecule has 3 rings (SSSR count). The second-order valence-corrected chi connectivity index (χ2v) is 6.52. The van der Waals surface area contributed by atoms with Crippen LogP contribution < -0.4 is 4.90 Å². The molecule has 122 valence electrons. The first kappa shape index (κ1) is 16.0. The molecule has 23 heavy (non-hydrogen) atoms. The van der Waals surface area contributed by atoms with Crippen molar-refractivity contribution in [3.05, 3.63) is 65.2 Å². The Morgan fingerprint density at radius 3 is 2.04 bits per heavy atom. The molecule has 3 nitrogen and oxygen atoms in total. The minimum atomic E-state index is -1.39. The van der Waals surface area contributed by atoms with Crippen molar-refractivity contribution in [2.75, 3.05) is 18.0 Å². The van der Waals surface area contributed by atoms with Crippen molar-refractivity contribution in [1.82, 2.24) is 0 Å². The molecule has 0 amide bonds. The monoisotopic (exact) mass is 311 g/mol. The number of nitrogens with zero attached hydrogens (tertiary/aromatic N) is 1. The molecular formula is C20H25NO2. The highest BCUT2D eigenvalue weighted by Crippen LogP contribution is 2.48.